The summed E-state index contributed by atoms with van der Waals surface area (Å²) in [6.45, 7) is 6.34. The van der Waals surface area contributed by atoms with E-state index in [2.05, 4.69) is 6.58 Å². The van der Waals surface area contributed by atoms with E-state index < -0.39 is 5.97 Å². The summed E-state index contributed by atoms with van der Waals surface area (Å²) in [5.74, 6) is 1.21. The third-order valence-electron chi connectivity index (χ3n) is 4.96. The minimum atomic E-state index is -0.446. The zero-order valence-electron chi connectivity index (χ0n) is 20.1. The Hall–Kier alpha value is -3.54. The molecule has 0 aliphatic heterocycles. The summed E-state index contributed by atoms with van der Waals surface area (Å²) < 4.78 is 21.2. The van der Waals surface area contributed by atoms with E-state index in [1.54, 1.807) is 44.4 Å². The fourth-order valence-corrected chi connectivity index (χ4v) is 3.02. The van der Waals surface area contributed by atoms with Crippen molar-refractivity contribution < 1.29 is 28.5 Å². The molecule has 2 aromatic rings. The molecule has 0 atom stereocenters. The first kappa shape index (κ1) is 26.7. The molecule has 182 valence electrons. The second kappa shape index (κ2) is 15.3. The summed E-state index contributed by atoms with van der Waals surface area (Å²) in [5.41, 5.74) is 1.32. The van der Waals surface area contributed by atoms with Gasteiger partial charge in [-0.25, -0.2) is 9.59 Å². The van der Waals surface area contributed by atoms with Crippen LogP contribution in [0.3, 0.4) is 0 Å². The third kappa shape index (κ3) is 10.9. The highest BCUT2D eigenvalue weighted by atomic mass is 16.5. The molecule has 0 amide bonds. The fourth-order valence-electron chi connectivity index (χ4n) is 3.02. The average molecular weight is 467 g/mol. The second-order valence-electron chi connectivity index (χ2n) is 7.89. The number of benzene rings is 2. The molecule has 2 rings (SSSR count). The minimum absolute atomic E-state index is 0.312. The highest BCUT2D eigenvalue weighted by Crippen LogP contribution is 2.18. The van der Waals surface area contributed by atoms with Crippen LogP contribution in [0.25, 0.3) is 6.08 Å². The maximum Gasteiger partial charge on any atom is 0.336 e. The zero-order valence-corrected chi connectivity index (χ0v) is 20.1. The van der Waals surface area contributed by atoms with Crippen molar-refractivity contribution >= 4 is 18.0 Å². The highest BCUT2D eigenvalue weighted by molar-refractivity contribution is 5.88. The zero-order chi connectivity index (χ0) is 24.6. The molecule has 0 spiro atoms. The van der Waals surface area contributed by atoms with Crippen LogP contribution in [0.2, 0.25) is 0 Å². The molecule has 0 bridgehead atoms. The number of hydrogen-bond acceptors (Lipinski definition) is 6. The number of unbranched alkanes of at least 4 members (excludes halogenated alkanes) is 5. The SMILES string of the molecule is C=C(C)C(=O)OCCCCCCCCOc1ccc(/C=C/C(=O)Oc2ccc(OC)cc2)cc1. The van der Waals surface area contributed by atoms with E-state index in [1.807, 2.05) is 24.3 Å². The van der Waals surface area contributed by atoms with Crippen molar-refractivity contribution in [3.05, 3.63) is 72.3 Å². The molecule has 0 fully saturated rings. The van der Waals surface area contributed by atoms with Crippen molar-refractivity contribution in [3.63, 3.8) is 0 Å². The monoisotopic (exact) mass is 466 g/mol. The summed E-state index contributed by atoms with van der Waals surface area (Å²) in [4.78, 5) is 23.2. The van der Waals surface area contributed by atoms with Crippen molar-refractivity contribution in [3.8, 4) is 17.2 Å². The summed E-state index contributed by atoms with van der Waals surface area (Å²) in [5, 5.41) is 0. The number of methoxy groups -OCH3 is 1. The van der Waals surface area contributed by atoms with Crippen LogP contribution in [0.1, 0.15) is 51.0 Å². The van der Waals surface area contributed by atoms with E-state index >= 15 is 0 Å². The predicted octanol–water partition coefficient (Wildman–Crippen LogP) is 6.15. The Kier molecular flexibility index (Phi) is 12.0. The second-order valence-corrected chi connectivity index (χ2v) is 7.89. The smallest absolute Gasteiger partial charge is 0.336 e. The maximum atomic E-state index is 12.0. The van der Waals surface area contributed by atoms with Crippen molar-refractivity contribution in [2.75, 3.05) is 20.3 Å². The van der Waals surface area contributed by atoms with Crippen LogP contribution in [-0.2, 0) is 14.3 Å². The van der Waals surface area contributed by atoms with Crippen LogP contribution in [0, 0.1) is 0 Å². The van der Waals surface area contributed by atoms with Crippen LogP contribution in [0.15, 0.2) is 66.8 Å². The number of rotatable bonds is 15. The third-order valence-corrected chi connectivity index (χ3v) is 4.96. The lowest BCUT2D eigenvalue weighted by Gasteiger charge is -2.07. The Morgan fingerprint density at radius 3 is 1.97 bits per heavy atom. The van der Waals surface area contributed by atoms with Gasteiger partial charge in [0.1, 0.15) is 17.2 Å². The van der Waals surface area contributed by atoms with Crippen molar-refractivity contribution in [1.82, 2.24) is 0 Å². The van der Waals surface area contributed by atoms with Gasteiger partial charge in [0.25, 0.3) is 0 Å². The molecule has 0 aliphatic rings. The molecule has 0 aromatic heterocycles. The number of carbonyl (C=O) groups excluding carboxylic acids is 2. The molecule has 0 saturated heterocycles. The molecule has 0 radical (unpaired) electrons. The first-order valence-corrected chi connectivity index (χ1v) is 11.6. The Balaban J connectivity index is 1.56. The van der Waals surface area contributed by atoms with Crippen molar-refractivity contribution in [2.24, 2.45) is 0 Å². The average Bonchev–Trinajstić information content (AvgIpc) is 2.84. The molecular weight excluding hydrogens is 432 g/mol. The van der Waals surface area contributed by atoms with Crippen LogP contribution in [0.5, 0.6) is 17.2 Å². The Labute approximate surface area is 202 Å². The van der Waals surface area contributed by atoms with Crippen molar-refractivity contribution in [2.45, 2.75) is 45.4 Å². The van der Waals surface area contributed by atoms with Gasteiger partial charge in [0, 0.05) is 11.6 Å². The van der Waals surface area contributed by atoms with Gasteiger partial charge in [-0.1, -0.05) is 44.4 Å². The molecule has 0 heterocycles. The van der Waals surface area contributed by atoms with Gasteiger partial charge in [-0.2, -0.15) is 0 Å². The van der Waals surface area contributed by atoms with Gasteiger partial charge in [0.15, 0.2) is 0 Å². The van der Waals surface area contributed by atoms with E-state index in [9.17, 15) is 9.59 Å². The van der Waals surface area contributed by atoms with Gasteiger partial charge >= 0.3 is 11.9 Å². The summed E-state index contributed by atoms with van der Waals surface area (Å²) >= 11 is 0. The summed E-state index contributed by atoms with van der Waals surface area (Å²) in [6, 6.07) is 14.4. The van der Waals surface area contributed by atoms with Gasteiger partial charge in [0.05, 0.1) is 20.3 Å². The molecule has 0 aliphatic carbocycles. The Morgan fingerprint density at radius 1 is 0.794 bits per heavy atom. The first-order valence-electron chi connectivity index (χ1n) is 11.6. The normalized spacial score (nSPS) is 10.6. The number of hydrogen-bond donors (Lipinski definition) is 0. The van der Waals surface area contributed by atoms with E-state index in [0.29, 0.717) is 30.3 Å². The first-order chi connectivity index (χ1) is 16.5. The highest BCUT2D eigenvalue weighted by Gasteiger charge is 2.03. The molecule has 6 nitrogen and oxygen atoms in total. The minimum Gasteiger partial charge on any atom is -0.497 e. The van der Waals surface area contributed by atoms with Gasteiger partial charge in [-0.3, -0.25) is 0 Å². The lowest BCUT2D eigenvalue weighted by molar-refractivity contribution is -0.139. The Morgan fingerprint density at radius 2 is 1.35 bits per heavy atom. The van der Waals surface area contributed by atoms with Gasteiger partial charge in [0.2, 0.25) is 0 Å². The fraction of sp³-hybridized carbons (Fsp3) is 0.357. The summed E-state index contributed by atoms with van der Waals surface area (Å²) in [6.07, 6.45) is 9.37. The van der Waals surface area contributed by atoms with Crippen LogP contribution in [-0.4, -0.2) is 32.3 Å². The lowest BCUT2D eigenvalue weighted by atomic mass is 10.1. The van der Waals surface area contributed by atoms with Gasteiger partial charge in [-0.15, -0.1) is 0 Å². The van der Waals surface area contributed by atoms with Crippen LogP contribution < -0.4 is 14.2 Å². The molecule has 34 heavy (non-hydrogen) atoms. The van der Waals surface area contributed by atoms with Crippen LogP contribution in [0.4, 0.5) is 0 Å². The molecule has 2 aromatic carbocycles. The predicted molar refractivity (Wildman–Crippen MR) is 133 cm³/mol. The largest absolute Gasteiger partial charge is 0.497 e. The van der Waals surface area contributed by atoms with E-state index in [-0.39, 0.29) is 5.97 Å². The van der Waals surface area contributed by atoms with Crippen LogP contribution >= 0.6 is 0 Å². The quantitative estimate of drug-likeness (QED) is 0.136. The lowest BCUT2D eigenvalue weighted by Crippen LogP contribution is -2.06. The molecule has 0 unspecified atom stereocenters. The van der Waals surface area contributed by atoms with E-state index in [4.69, 9.17) is 18.9 Å². The molecule has 0 saturated carbocycles. The topological polar surface area (TPSA) is 71.1 Å². The standard InChI is InChI=1S/C28H34O6/c1-22(2)28(30)33-21-9-7-5-4-6-8-20-32-25-13-10-23(11-14-25)12-19-27(29)34-26-17-15-24(31-3)16-18-26/h10-19H,1,4-9,20-21H2,2-3H3/b19-12+. The van der Waals surface area contributed by atoms with Gasteiger partial charge < -0.3 is 18.9 Å². The number of esters is 2. The summed E-state index contributed by atoms with van der Waals surface area (Å²) in [7, 11) is 1.58. The molecule has 0 N–H and O–H groups in total. The van der Waals surface area contributed by atoms with Crippen molar-refractivity contribution in [1.29, 1.82) is 0 Å². The molecular formula is C28H34O6. The number of carbonyl (C=O) groups is 2. The van der Waals surface area contributed by atoms with E-state index in [0.717, 1.165) is 49.8 Å². The van der Waals surface area contributed by atoms with Gasteiger partial charge in [-0.05, 0) is 67.8 Å². The number of ether oxygens (including phenoxy) is 4. The van der Waals surface area contributed by atoms with E-state index in [1.165, 1.54) is 6.08 Å². The maximum absolute atomic E-state index is 12.0. The molecule has 6 heteroatoms. The Bertz CT molecular complexity index is 928.